The molecular weight excluding hydrogens is 272 g/mol. The summed E-state index contributed by atoms with van der Waals surface area (Å²) in [5.74, 6) is 1.47. The third-order valence-electron chi connectivity index (χ3n) is 3.51. The van der Waals surface area contributed by atoms with Crippen LogP contribution in [-0.4, -0.2) is 44.6 Å². The highest BCUT2D eigenvalue weighted by Gasteiger charge is 2.14. The van der Waals surface area contributed by atoms with E-state index in [9.17, 15) is 0 Å². The smallest absolute Gasteiger partial charge is 0.191 e. The van der Waals surface area contributed by atoms with Gasteiger partial charge in [0.05, 0.1) is 6.04 Å². The molecule has 1 rings (SSSR count). The van der Waals surface area contributed by atoms with Crippen LogP contribution in [0, 0.1) is 12.8 Å². The monoisotopic (exact) mass is 304 g/mol. The maximum absolute atomic E-state index is 4.63. The number of likely N-dealkylation sites (N-methyl/N-ethyl adjacent to an activating group) is 1. The summed E-state index contributed by atoms with van der Waals surface area (Å²) in [6.07, 6.45) is 0. The molecule has 0 heterocycles. The van der Waals surface area contributed by atoms with Crippen molar-refractivity contribution in [3.63, 3.8) is 0 Å². The van der Waals surface area contributed by atoms with Crippen molar-refractivity contribution in [1.29, 1.82) is 0 Å². The van der Waals surface area contributed by atoms with E-state index in [0.29, 0.717) is 12.0 Å². The molecule has 1 aromatic rings. The van der Waals surface area contributed by atoms with Gasteiger partial charge in [-0.2, -0.15) is 0 Å². The molecule has 0 aliphatic carbocycles. The first-order chi connectivity index (χ1) is 10.4. The van der Waals surface area contributed by atoms with Gasteiger partial charge in [0.15, 0.2) is 5.96 Å². The minimum absolute atomic E-state index is 0.323. The van der Waals surface area contributed by atoms with Gasteiger partial charge in [-0.3, -0.25) is 4.99 Å². The van der Waals surface area contributed by atoms with Crippen molar-refractivity contribution in [3.8, 4) is 0 Å². The molecule has 0 spiro atoms. The largest absolute Gasteiger partial charge is 0.357 e. The summed E-state index contributed by atoms with van der Waals surface area (Å²) in [5, 5.41) is 6.78. The average molecular weight is 304 g/mol. The van der Waals surface area contributed by atoms with Gasteiger partial charge in [-0.1, -0.05) is 43.7 Å². The Labute approximate surface area is 136 Å². The van der Waals surface area contributed by atoms with E-state index in [1.165, 1.54) is 11.1 Å². The Morgan fingerprint density at radius 1 is 1.14 bits per heavy atom. The van der Waals surface area contributed by atoms with Gasteiger partial charge in [0.1, 0.15) is 0 Å². The second-order valence-corrected chi connectivity index (χ2v) is 6.38. The first-order valence-electron chi connectivity index (χ1n) is 8.19. The van der Waals surface area contributed by atoms with Crippen molar-refractivity contribution in [2.45, 2.75) is 33.7 Å². The maximum atomic E-state index is 4.63. The number of guanidine groups is 1. The Hall–Kier alpha value is -1.55. The summed E-state index contributed by atoms with van der Waals surface area (Å²) < 4.78 is 0. The Morgan fingerprint density at radius 2 is 1.77 bits per heavy atom. The summed E-state index contributed by atoms with van der Waals surface area (Å²) >= 11 is 0. The van der Waals surface area contributed by atoms with Gasteiger partial charge in [0, 0.05) is 19.6 Å². The lowest BCUT2D eigenvalue weighted by Gasteiger charge is -2.26. The second-order valence-electron chi connectivity index (χ2n) is 6.38. The third kappa shape index (κ3) is 6.48. The van der Waals surface area contributed by atoms with Crippen LogP contribution in [0.3, 0.4) is 0 Å². The third-order valence-corrected chi connectivity index (χ3v) is 3.51. The molecule has 0 fully saturated rings. The first-order valence-corrected chi connectivity index (χ1v) is 8.19. The second kappa shape index (κ2) is 9.46. The molecule has 2 N–H and O–H groups in total. The molecule has 1 atom stereocenters. The Morgan fingerprint density at radius 3 is 2.27 bits per heavy atom. The zero-order valence-electron chi connectivity index (χ0n) is 15.0. The maximum Gasteiger partial charge on any atom is 0.191 e. The van der Waals surface area contributed by atoms with Crippen LogP contribution in [0.15, 0.2) is 29.3 Å². The highest BCUT2D eigenvalue weighted by molar-refractivity contribution is 5.79. The molecule has 1 unspecified atom stereocenters. The minimum atomic E-state index is 0.323. The Balaban J connectivity index is 2.73. The zero-order chi connectivity index (χ0) is 16.5. The molecule has 4 heteroatoms. The van der Waals surface area contributed by atoms with Gasteiger partial charge in [-0.05, 0) is 39.4 Å². The molecule has 1 aromatic carbocycles. The standard InChI is InChI=1S/C18H32N4/c1-7-19-18(20-12-14(2)3)21-13-17(22(5)6)16-10-8-15(4)9-11-16/h8-11,14,17H,7,12-13H2,1-6H3,(H2,19,20,21). The van der Waals surface area contributed by atoms with Gasteiger partial charge in [0.25, 0.3) is 0 Å². The fraction of sp³-hybridized carbons (Fsp3) is 0.611. The van der Waals surface area contributed by atoms with Crippen LogP contribution in [0.25, 0.3) is 0 Å². The quantitative estimate of drug-likeness (QED) is 0.601. The predicted molar refractivity (Wildman–Crippen MR) is 96.4 cm³/mol. The van der Waals surface area contributed by atoms with E-state index in [1.54, 1.807) is 0 Å². The molecule has 4 nitrogen and oxygen atoms in total. The van der Waals surface area contributed by atoms with Crippen molar-refractivity contribution in [3.05, 3.63) is 35.4 Å². The highest BCUT2D eigenvalue weighted by Crippen LogP contribution is 2.17. The van der Waals surface area contributed by atoms with E-state index in [2.05, 4.69) is 86.6 Å². The summed E-state index contributed by atoms with van der Waals surface area (Å²) in [7, 11) is 4.23. The molecule has 22 heavy (non-hydrogen) atoms. The summed E-state index contributed by atoms with van der Waals surface area (Å²) in [4.78, 5) is 6.87. The first kappa shape index (κ1) is 18.5. The van der Waals surface area contributed by atoms with Crippen LogP contribution >= 0.6 is 0 Å². The number of hydrogen-bond donors (Lipinski definition) is 2. The fourth-order valence-corrected chi connectivity index (χ4v) is 2.20. The normalized spacial score (nSPS) is 13.5. The molecule has 0 aromatic heterocycles. The number of benzene rings is 1. The van der Waals surface area contributed by atoms with Gasteiger partial charge < -0.3 is 15.5 Å². The number of hydrogen-bond acceptors (Lipinski definition) is 2. The molecule has 124 valence electrons. The van der Waals surface area contributed by atoms with E-state index >= 15 is 0 Å². The summed E-state index contributed by atoms with van der Waals surface area (Å²) in [6.45, 7) is 11.1. The lowest BCUT2D eigenvalue weighted by molar-refractivity contribution is 0.298. The van der Waals surface area contributed by atoms with Crippen molar-refractivity contribution in [2.24, 2.45) is 10.9 Å². The van der Waals surface area contributed by atoms with Gasteiger partial charge >= 0.3 is 0 Å². The fourth-order valence-electron chi connectivity index (χ4n) is 2.20. The minimum Gasteiger partial charge on any atom is -0.357 e. The van der Waals surface area contributed by atoms with Crippen LogP contribution in [0.5, 0.6) is 0 Å². The van der Waals surface area contributed by atoms with E-state index in [-0.39, 0.29) is 0 Å². The highest BCUT2D eigenvalue weighted by atomic mass is 15.2. The zero-order valence-corrected chi connectivity index (χ0v) is 15.0. The number of aryl methyl sites for hydroxylation is 1. The van der Waals surface area contributed by atoms with E-state index in [4.69, 9.17) is 0 Å². The van der Waals surface area contributed by atoms with Gasteiger partial charge in [-0.15, -0.1) is 0 Å². The van der Waals surface area contributed by atoms with Crippen LogP contribution in [-0.2, 0) is 0 Å². The van der Waals surface area contributed by atoms with Crippen molar-refractivity contribution in [1.82, 2.24) is 15.5 Å². The number of rotatable bonds is 7. The van der Waals surface area contributed by atoms with Gasteiger partial charge in [0.2, 0.25) is 0 Å². The lowest BCUT2D eigenvalue weighted by atomic mass is 10.0. The number of aliphatic imine (C=N–C) groups is 1. The Kier molecular flexibility index (Phi) is 7.96. The Bertz CT molecular complexity index is 449. The van der Waals surface area contributed by atoms with Crippen molar-refractivity contribution in [2.75, 3.05) is 33.7 Å². The molecule has 0 amide bonds. The average Bonchev–Trinajstić information content (AvgIpc) is 2.46. The molecule has 0 bridgehead atoms. The van der Waals surface area contributed by atoms with Crippen molar-refractivity contribution < 1.29 is 0 Å². The molecule has 0 aliphatic heterocycles. The molecule has 0 saturated heterocycles. The predicted octanol–water partition coefficient (Wildman–Crippen LogP) is 2.81. The van der Waals surface area contributed by atoms with Crippen LogP contribution in [0.4, 0.5) is 0 Å². The van der Waals surface area contributed by atoms with Crippen LogP contribution in [0.2, 0.25) is 0 Å². The van der Waals surface area contributed by atoms with Crippen molar-refractivity contribution >= 4 is 5.96 Å². The molecule has 0 radical (unpaired) electrons. The summed E-state index contributed by atoms with van der Waals surface area (Å²) in [6, 6.07) is 9.08. The lowest BCUT2D eigenvalue weighted by Crippen LogP contribution is -2.42. The van der Waals surface area contributed by atoms with Crippen LogP contribution < -0.4 is 10.6 Å². The van der Waals surface area contributed by atoms with Crippen LogP contribution in [0.1, 0.15) is 37.9 Å². The number of nitrogens with zero attached hydrogens (tertiary/aromatic N) is 2. The van der Waals surface area contributed by atoms with E-state index in [1.807, 2.05) is 0 Å². The van der Waals surface area contributed by atoms with Gasteiger partial charge in [-0.25, -0.2) is 0 Å². The number of nitrogens with one attached hydrogen (secondary N) is 2. The topological polar surface area (TPSA) is 39.7 Å². The molecule has 0 aliphatic rings. The molecular formula is C18H32N4. The van der Waals surface area contributed by atoms with E-state index in [0.717, 1.165) is 25.6 Å². The summed E-state index contributed by atoms with van der Waals surface area (Å²) in [5.41, 5.74) is 2.61. The van der Waals surface area contributed by atoms with E-state index < -0.39 is 0 Å². The SMILES string of the molecule is CCNC(=NCC(C)C)NCC(c1ccc(C)cc1)N(C)C. The molecule has 0 saturated carbocycles.